The van der Waals surface area contributed by atoms with Crippen LogP contribution in [-0.2, 0) is 9.47 Å². The molecule has 1 rings (SSSR count). The Balaban J connectivity index is 0. The van der Waals surface area contributed by atoms with Crippen molar-refractivity contribution in [3.63, 3.8) is 0 Å². The van der Waals surface area contributed by atoms with E-state index in [-0.39, 0.29) is 36.7 Å². The van der Waals surface area contributed by atoms with Crippen LogP contribution in [0.25, 0.3) is 0 Å². The van der Waals surface area contributed by atoms with E-state index in [0.29, 0.717) is 16.4 Å². The Kier molecular flexibility index (Phi) is 15.4. The zero-order valence-electron chi connectivity index (χ0n) is 16.5. The number of halogens is 2. The molecule has 0 aromatic heterocycles. The lowest BCUT2D eigenvalue weighted by atomic mass is 10.1. The van der Waals surface area contributed by atoms with Crippen molar-refractivity contribution in [2.75, 3.05) is 60.3 Å². The molecule has 0 saturated heterocycles. The highest BCUT2D eigenvalue weighted by atomic mass is 79.9. The van der Waals surface area contributed by atoms with Gasteiger partial charge in [0.1, 0.15) is 19.8 Å². The van der Waals surface area contributed by atoms with Gasteiger partial charge in [0.05, 0.1) is 38.4 Å². The second-order valence-corrected chi connectivity index (χ2v) is 7.25. The van der Waals surface area contributed by atoms with Crippen molar-refractivity contribution in [1.82, 2.24) is 5.32 Å². The summed E-state index contributed by atoms with van der Waals surface area (Å²) in [6.07, 6.45) is -0.789. The Morgan fingerprint density at radius 1 is 1.11 bits per heavy atom. The van der Waals surface area contributed by atoms with Crippen LogP contribution in [0.5, 0.6) is 0 Å². The van der Waals surface area contributed by atoms with Crippen LogP contribution in [0.4, 0.5) is 0 Å². The number of quaternary nitrogens is 1. The highest BCUT2D eigenvalue weighted by molar-refractivity contribution is 9.09. The molecule has 7 nitrogen and oxygen atoms in total. The van der Waals surface area contributed by atoms with Crippen molar-refractivity contribution in [3.05, 3.63) is 35.4 Å². The number of rotatable bonds is 8. The number of esters is 2. The lowest BCUT2D eigenvalue weighted by molar-refractivity contribution is -0.870. The maximum atomic E-state index is 12.2. The average Bonchev–Trinajstić information content (AvgIpc) is 2.58. The summed E-state index contributed by atoms with van der Waals surface area (Å²) in [5.41, 5.74) is 0.289. The van der Waals surface area contributed by atoms with Crippen LogP contribution in [0.1, 0.15) is 20.7 Å². The molecule has 0 amide bonds. The summed E-state index contributed by atoms with van der Waals surface area (Å²) in [6, 6.07) is 6.31. The monoisotopic (exact) mass is 469 g/mol. The molecule has 1 atom stereocenters. The lowest BCUT2D eigenvalue weighted by Crippen LogP contribution is -2.38. The Hall–Kier alpha value is -1.19. The molecular formula is C18H31BrClN2O5+. The van der Waals surface area contributed by atoms with E-state index in [1.54, 1.807) is 12.1 Å². The van der Waals surface area contributed by atoms with Gasteiger partial charge < -0.3 is 24.4 Å². The largest absolute Gasteiger partial charge is 0.459 e. The van der Waals surface area contributed by atoms with Crippen LogP contribution in [0.2, 0.25) is 0 Å². The van der Waals surface area contributed by atoms with Crippen LogP contribution in [0.3, 0.4) is 0 Å². The van der Waals surface area contributed by atoms with E-state index in [9.17, 15) is 14.7 Å². The summed E-state index contributed by atoms with van der Waals surface area (Å²) in [4.78, 5) is 24.2. The third kappa shape index (κ3) is 12.8. The first-order chi connectivity index (χ1) is 12.2. The third-order valence-corrected chi connectivity index (χ3v) is 3.69. The zero-order valence-corrected chi connectivity index (χ0v) is 18.9. The van der Waals surface area contributed by atoms with Gasteiger partial charge in [-0.2, -0.15) is 0 Å². The van der Waals surface area contributed by atoms with E-state index in [0.717, 1.165) is 0 Å². The second-order valence-electron chi connectivity index (χ2n) is 6.60. The van der Waals surface area contributed by atoms with Crippen LogP contribution < -0.4 is 5.32 Å². The highest BCUT2D eigenvalue weighted by Gasteiger charge is 2.20. The molecule has 0 radical (unpaired) electrons. The number of hydrogen-bond acceptors (Lipinski definition) is 6. The Labute approximate surface area is 176 Å². The van der Waals surface area contributed by atoms with Gasteiger partial charge in [-0.05, 0) is 26.2 Å². The number of benzene rings is 1. The molecule has 156 valence electrons. The first-order valence-corrected chi connectivity index (χ1v) is 9.34. The Morgan fingerprint density at radius 3 is 1.96 bits per heavy atom. The fraction of sp³-hybridized carbons (Fsp3) is 0.556. The first kappa shape index (κ1) is 28.0. The standard InChI is InChI=1S/C16H23BrNO5.C2H7N.ClH/c1-18(2,3)8-9-22-15(20)13-6-4-5-7-14(13)16(21)23-11-12(19)10-17;1-3-2;/h4-7,12,19H,8-11H2,1-3H3;3H,1-2H3;1H/q+1;;. The molecule has 0 aliphatic heterocycles. The fourth-order valence-corrected chi connectivity index (χ4v) is 1.81. The first-order valence-electron chi connectivity index (χ1n) is 8.22. The van der Waals surface area contributed by atoms with Crippen LogP contribution >= 0.6 is 28.3 Å². The molecule has 0 bridgehead atoms. The maximum absolute atomic E-state index is 12.2. The summed E-state index contributed by atoms with van der Waals surface area (Å²) in [5.74, 6) is -1.23. The van der Waals surface area contributed by atoms with Gasteiger partial charge >= 0.3 is 11.9 Å². The van der Waals surface area contributed by atoms with Crippen molar-refractivity contribution >= 4 is 40.3 Å². The number of carbonyl (C=O) groups is 2. The topological polar surface area (TPSA) is 84.9 Å². The van der Waals surface area contributed by atoms with Gasteiger partial charge in [-0.15, -0.1) is 12.4 Å². The Morgan fingerprint density at radius 2 is 1.56 bits per heavy atom. The van der Waals surface area contributed by atoms with Crippen molar-refractivity contribution in [2.24, 2.45) is 0 Å². The third-order valence-electron chi connectivity index (χ3n) is 2.95. The molecular weight excluding hydrogens is 440 g/mol. The van der Waals surface area contributed by atoms with Gasteiger partial charge in [-0.1, -0.05) is 28.1 Å². The molecule has 1 aromatic carbocycles. The van der Waals surface area contributed by atoms with Crippen molar-refractivity contribution in [1.29, 1.82) is 0 Å². The molecule has 1 aromatic rings. The average molecular weight is 471 g/mol. The smallest absolute Gasteiger partial charge is 0.339 e. The SMILES string of the molecule is CNC.C[N+](C)(C)CCOC(=O)c1ccccc1C(=O)OCC(O)CBr.Cl. The van der Waals surface area contributed by atoms with Gasteiger partial charge in [-0.3, -0.25) is 0 Å². The summed E-state index contributed by atoms with van der Waals surface area (Å²) >= 11 is 3.09. The van der Waals surface area contributed by atoms with Gasteiger partial charge in [0.2, 0.25) is 0 Å². The normalized spacial score (nSPS) is 11.4. The zero-order chi connectivity index (χ0) is 20.2. The number of likely N-dealkylation sites (N-methyl/N-ethyl adjacent to an activating group) is 1. The summed E-state index contributed by atoms with van der Waals surface area (Å²) < 4.78 is 10.9. The van der Waals surface area contributed by atoms with E-state index in [1.807, 2.05) is 35.2 Å². The second kappa shape index (κ2) is 14.8. The van der Waals surface area contributed by atoms with E-state index >= 15 is 0 Å². The molecule has 0 aliphatic rings. The molecule has 0 saturated carbocycles. The van der Waals surface area contributed by atoms with Gasteiger partial charge in [-0.25, -0.2) is 9.59 Å². The van der Waals surface area contributed by atoms with Crippen LogP contribution in [0.15, 0.2) is 24.3 Å². The molecule has 1 unspecified atom stereocenters. The van der Waals surface area contributed by atoms with E-state index < -0.39 is 18.0 Å². The number of nitrogens with one attached hydrogen (secondary N) is 1. The predicted octanol–water partition coefficient (Wildman–Crippen LogP) is 1.72. The minimum atomic E-state index is -0.789. The van der Waals surface area contributed by atoms with E-state index in [1.165, 1.54) is 12.1 Å². The minimum Gasteiger partial charge on any atom is -0.459 e. The quantitative estimate of drug-likeness (QED) is 0.342. The number of aliphatic hydroxyl groups excluding tert-OH is 1. The maximum Gasteiger partial charge on any atom is 0.339 e. The lowest BCUT2D eigenvalue weighted by Gasteiger charge is -2.23. The number of carbonyl (C=O) groups excluding carboxylic acids is 2. The Bertz CT molecular complexity index is 567. The number of alkyl halides is 1. The molecule has 0 heterocycles. The summed E-state index contributed by atoms with van der Waals surface area (Å²) in [5, 5.41) is 12.5. The fourth-order valence-electron chi connectivity index (χ4n) is 1.62. The predicted molar refractivity (Wildman–Crippen MR) is 112 cm³/mol. The molecule has 0 aliphatic carbocycles. The molecule has 0 fully saturated rings. The number of aliphatic hydroxyl groups is 1. The van der Waals surface area contributed by atoms with Crippen molar-refractivity contribution in [3.8, 4) is 0 Å². The van der Waals surface area contributed by atoms with E-state index in [4.69, 9.17) is 9.47 Å². The summed E-state index contributed by atoms with van der Waals surface area (Å²) in [7, 11) is 9.73. The summed E-state index contributed by atoms with van der Waals surface area (Å²) in [6.45, 7) is 0.777. The number of ether oxygens (including phenoxy) is 2. The molecule has 2 N–H and O–H groups in total. The van der Waals surface area contributed by atoms with Crippen LogP contribution in [-0.4, -0.2) is 88.0 Å². The van der Waals surface area contributed by atoms with Crippen molar-refractivity contribution in [2.45, 2.75) is 6.10 Å². The molecule has 0 spiro atoms. The molecule has 9 heteroatoms. The van der Waals surface area contributed by atoms with Gasteiger partial charge in [0, 0.05) is 5.33 Å². The van der Waals surface area contributed by atoms with Crippen molar-refractivity contribution < 1.29 is 28.7 Å². The van der Waals surface area contributed by atoms with Gasteiger partial charge in [0.15, 0.2) is 0 Å². The molecule has 27 heavy (non-hydrogen) atoms. The van der Waals surface area contributed by atoms with Crippen LogP contribution in [0, 0.1) is 0 Å². The van der Waals surface area contributed by atoms with E-state index in [2.05, 4.69) is 21.2 Å². The minimum absolute atomic E-state index is 0. The highest BCUT2D eigenvalue weighted by Crippen LogP contribution is 2.12. The number of nitrogens with zero attached hydrogens (tertiary/aromatic N) is 1. The van der Waals surface area contributed by atoms with Gasteiger partial charge in [0.25, 0.3) is 0 Å². The number of hydrogen-bond donors (Lipinski definition) is 2.